The third-order valence-electron chi connectivity index (χ3n) is 5.48. The average Bonchev–Trinajstić information content (AvgIpc) is 2.61. The minimum atomic E-state index is -2.32. The van der Waals surface area contributed by atoms with Crippen molar-refractivity contribution in [2.75, 3.05) is 26.2 Å². The minimum absolute atomic E-state index is 0.0833. The van der Waals surface area contributed by atoms with Crippen LogP contribution in [0.1, 0.15) is 46.5 Å². The standard InChI is InChI=1S/C11H18FNO4.C7H12FNO3/c1-10(2,3)7-6-11(12,8(14)15)4-5-13(7)9(16)17;8-7(5-10)1-3-9(4-2-7)6(11)12/h7H,4-6H2,1-3H3,(H,14,15)(H,16,17);10H,1-5H2,(H,11,12). The predicted octanol–water partition coefficient (Wildman–Crippen LogP) is 2.43. The van der Waals surface area contributed by atoms with E-state index in [0.29, 0.717) is 0 Å². The van der Waals surface area contributed by atoms with E-state index in [0.717, 1.165) is 9.80 Å². The number of aliphatic hydroxyl groups is 1. The Kier molecular flexibility index (Phi) is 7.80. The van der Waals surface area contributed by atoms with Crippen molar-refractivity contribution in [3.8, 4) is 0 Å². The van der Waals surface area contributed by atoms with Gasteiger partial charge in [0.2, 0.25) is 5.67 Å². The molecule has 2 amide bonds. The van der Waals surface area contributed by atoms with Crippen molar-refractivity contribution in [3.05, 3.63) is 0 Å². The van der Waals surface area contributed by atoms with Crippen LogP contribution in [-0.2, 0) is 4.79 Å². The lowest BCUT2D eigenvalue weighted by atomic mass is 9.76. The second-order valence-electron chi connectivity index (χ2n) is 8.66. The summed E-state index contributed by atoms with van der Waals surface area (Å²) in [5.74, 6) is -1.50. The van der Waals surface area contributed by atoms with Crippen LogP contribution in [0, 0.1) is 5.41 Å². The van der Waals surface area contributed by atoms with Gasteiger partial charge in [0.15, 0.2) is 0 Å². The fourth-order valence-corrected chi connectivity index (χ4v) is 3.43. The molecule has 29 heavy (non-hydrogen) atoms. The first-order chi connectivity index (χ1) is 13.1. The summed E-state index contributed by atoms with van der Waals surface area (Å²) in [5.41, 5.74) is -4.37. The lowest BCUT2D eigenvalue weighted by molar-refractivity contribution is -0.157. The Morgan fingerprint density at radius 2 is 1.48 bits per heavy atom. The molecule has 2 atom stereocenters. The number of rotatable bonds is 2. The summed E-state index contributed by atoms with van der Waals surface area (Å²) in [6.45, 7) is 5.09. The fourth-order valence-electron chi connectivity index (χ4n) is 3.43. The zero-order valence-electron chi connectivity index (χ0n) is 16.9. The highest BCUT2D eigenvalue weighted by Crippen LogP contribution is 2.38. The number of piperidine rings is 2. The van der Waals surface area contributed by atoms with Crippen molar-refractivity contribution in [2.45, 2.75) is 63.8 Å². The zero-order chi connectivity index (χ0) is 22.6. The predicted molar refractivity (Wildman–Crippen MR) is 98.4 cm³/mol. The van der Waals surface area contributed by atoms with Gasteiger partial charge in [0, 0.05) is 51.4 Å². The molecule has 0 aromatic rings. The first-order valence-corrected chi connectivity index (χ1v) is 9.35. The van der Waals surface area contributed by atoms with Gasteiger partial charge in [-0.2, -0.15) is 0 Å². The molecule has 4 N–H and O–H groups in total. The molecule has 2 aliphatic rings. The first kappa shape index (κ1) is 24.9. The molecule has 0 saturated carbocycles. The summed E-state index contributed by atoms with van der Waals surface area (Å²) < 4.78 is 27.4. The van der Waals surface area contributed by atoms with Crippen molar-refractivity contribution in [1.29, 1.82) is 0 Å². The van der Waals surface area contributed by atoms with Crippen molar-refractivity contribution >= 4 is 18.2 Å². The Bertz CT molecular complexity index is 618. The van der Waals surface area contributed by atoms with Crippen LogP contribution in [0.2, 0.25) is 0 Å². The quantitative estimate of drug-likeness (QED) is 0.534. The lowest BCUT2D eigenvalue weighted by Gasteiger charge is -2.45. The topological polar surface area (TPSA) is 139 Å². The SMILES string of the molecule is CC(C)(C)C1CC(F)(C(=O)O)CCN1C(=O)O.O=C(O)N1CCC(F)(CO)CC1. The molecule has 2 fully saturated rings. The molecule has 2 rings (SSSR count). The van der Waals surface area contributed by atoms with E-state index in [1.165, 1.54) is 0 Å². The molecule has 2 heterocycles. The summed E-state index contributed by atoms with van der Waals surface area (Å²) in [4.78, 5) is 34.6. The van der Waals surface area contributed by atoms with E-state index in [1.807, 2.05) is 0 Å². The highest BCUT2D eigenvalue weighted by atomic mass is 19.1. The Hall–Kier alpha value is -2.17. The van der Waals surface area contributed by atoms with Crippen molar-refractivity contribution in [3.63, 3.8) is 0 Å². The van der Waals surface area contributed by atoms with Crippen LogP contribution in [0.3, 0.4) is 0 Å². The summed E-state index contributed by atoms with van der Waals surface area (Å²) >= 11 is 0. The van der Waals surface area contributed by atoms with Gasteiger partial charge in [0.05, 0.1) is 6.61 Å². The molecule has 0 aromatic carbocycles. The molecular formula is C18H30F2N2O7. The van der Waals surface area contributed by atoms with Gasteiger partial charge in [0.1, 0.15) is 5.67 Å². The maximum absolute atomic E-state index is 14.1. The number of carboxylic acid groups (broad SMARTS) is 3. The first-order valence-electron chi connectivity index (χ1n) is 9.35. The summed E-state index contributed by atoms with van der Waals surface area (Å²) in [6, 6.07) is -0.630. The van der Waals surface area contributed by atoms with Crippen molar-refractivity contribution < 1.29 is 43.6 Å². The highest BCUT2D eigenvalue weighted by Gasteiger charge is 2.50. The van der Waals surface area contributed by atoms with E-state index in [4.69, 9.17) is 20.4 Å². The van der Waals surface area contributed by atoms with Gasteiger partial charge in [-0.25, -0.2) is 23.2 Å². The van der Waals surface area contributed by atoms with Crippen LogP contribution in [0.4, 0.5) is 18.4 Å². The molecule has 2 saturated heterocycles. The lowest BCUT2D eigenvalue weighted by Crippen LogP contribution is -2.57. The van der Waals surface area contributed by atoms with Crippen LogP contribution in [-0.4, -0.2) is 92.0 Å². The molecular weight excluding hydrogens is 394 g/mol. The van der Waals surface area contributed by atoms with Crippen LogP contribution in [0.15, 0.2) is 0 Å². The molecule has 9 nitrogen and oxygen atoms in total. The Morgan fingerprint density at radius 1 is 0.966 bits per heavy atom. The number of hydrogen-bond acceptors (Lipinski definition) is 4. The monoisotopic (exact) mass is 424 g/mol. The van der Waals surface area contributed by atoms with E-state index in [-0.39, 0.29) is 45.3 Å². The number of aliphatic hydroxyl groups excluding tert-OH is 1. The maximum Gasteiger partial charge on any atom is 0.407 e. The van der Waals surface area contributed by atoms with Crippen molar-refractivity contribution in [2.24, 2.45) is 5.41 Å². The van der Waals surface area contributed by atoms with Gasteiger partial charge in [-0.15, -0.1) is 0 Å². The van der Waals surface area contributed by atoms with Gasteiger partial charge in [-0.1, -0.05) is 20.8 Å². The zero-order valence-corrected chi connectivity index (χ0v) is 16.9. The number of nitrogens with zero attached hydrogens (tertiary/aromatic N) is 2. The number of aliphatic carboxylic acids is 1. The Balaban J connectivity index is 0.000000308. The third kappa shape index (κ3) is 6.41. The number of amides is 2. The van der Waals surface area contributed by atoms with E-state index in [2.05, 4.69) is 0 Å². The molecule has 11 heteroatoms. The number of alkyl halides is 2. The Labute approximate surface area is 167 Å². The van der Waals surface area contributed by atoms with Gasteiger partial charge in [-0.3, -0.25) is 0 Å². The molecule has 0 bridgehead atoms. The summed E-state index contributed by atoms with van der Waals surface area (Å²) in [7, 11) is 0. The molecule has 0 aliphatic carbocycles. The molecule has 0 spiro atoms. The van der Waals surface area contributed by atoms with E-state index in [1.54, 1.807) is 20.8 Å². The number of halogens is 2. The highest BCUT2D eigenvalue weighted by molar-refractivity contribution is 5.78. The molecule has 0 aromatic heterocycles. The van der Waals surface area contributed by atoms with E-state index < -0.39 is 47.6 Å². The van der Waals surface area contributed by atoms with Gasteiger partial charge in [-0.05, 0) is 5.41 Å². The largest absolute Gasteiger partial charge is 0.479 e. The van der Waals surface area contributed by atoms with Crippen LogP contribution >= 0.6 is 0 Å². The smallest absolute Gasteiger partial charge is 0.407 e. The van der Waals surface area contributed by atoms with Crippen LogP contribution in [0.25, 0.3) is 0 Å². The van der Waals surface area contributed by atoms with Gasteiger partial charge >= 0.3 is 18.2 Å². The molecule has 0 radical (unpaired) electrons. The second-order valence-corrected chi connectivity index (χ2v) is 8.66. The maximum atomic E-state index is 14.1. The second kappa shape index (κ2) is 9.10. The number of likely N-dealkylation sites (tertiary alicyclic amines) is 2. The normalized spacial score (nSPS) is 26.9. The minimum Gasteiger partial charge on any atom is -0.479 e. The molecule has 168 valence electrons. The van der Waals surface area contributed by atoms with Crippen LogP contribution in [0.5, 0.6) is 0 Å². The molecule has 2 unspecified atom stereocenters. The number of carboxylic acids is 1. The molecule has 2 aliphatic heterocycles. The summed E-state index contributed by atoms with van der Waals surface area (Å²) in [6.07, 6.45) is -2.54. The summed E-state index contributed by atoms with van der Waals surface area (Å²) in [5, 5.41) is 35.1. The van der Waals surface area contributed by atoms with Gasteiger partial charge in [0.25, 0.3) is 0 Å². The number of carbonyl (C=O) groups is 3. The van der Waals surface area contributed by atoms with E-state index >= 15 is 0 Å². The van der Waals surface area contributed by atoms with Crippen LogP contribution < -0.4 is 0 Å². The average molecular weight is 424 g/mol. The Morgan fingerprint density at radius 3 is 1.83 bits per heavy atom. The fraction of sp³-hybridized carbons (Fsp3) is 0.833. The van der Waals surface area contributed by atoms with Gasteiger partial charge < -0.3 is 30.2 Å². The van der Waals surface area contributed by atoms with Crippen molar-refractivity contribution in [1.82, 2.24) is 9.80 Å². The number of hydrogen-bond donors (Lipinski definition) is 4. The van der Waals surface area contributed by atoms with E-state index in [9.17, 15) is 23.2 Å². The third-order valence-corrected chi connectivity index (χ3v) is 5.48.